The minimum Gasteiger partial charge on any atom is -0.387 e. The Morgan fingerprint density at radius 2 is 2.14 bits per heavy atom. The second kappa shape index (κ2) is 3.74. The van der Waals surface area contributed by atoms with E-state index in [2.05, 4.69) is 4.40 Å². The van der Waals surface area contributed by atoms with E-state index >= 15 is 0 Å². The Kier molecular flexibility index (Phi) is 3.01. The van der Waals surface area contributed by atoms with Crippen LogP contribution in [0.3, 0.4) is 0 Å². The van der Waals surface area contributed by atoms with Crippen molar-refractivity contribution in [3.05, 3.63) is 10.6 Å². The van der Waals surface area contributed by atoms with Gasteiger partial charge in [0.2, 0.25) is 5.12 Å². The van der Waals surface area contributed by atoms with E-state index in [9.17, 15) is 13.2 Å². The van der Waals surface area contributed by atoms with Crippen molar-refractivity contribution in [1.29, 1.82) is 0 Å². The molecule has 0 fully saturated rings. The molecule has 0 aromatic rings. The van der Waals surface area contributed by atoms with Crippen molar-refractivity contribution in [2.45, 2.75) is 19.1 Å². The first kappa shape index (κ1) is 11.3. The van der Waals surface area contributed by atoms with Crippen LogP contribution >= 0.6 is 11.8 Å². The fourth-order valence-electron chi connectivity index (χ4n) is 0.812. The summed E-state index contributed by atoms with van der Waals surface area (Å²) in [4.78, 5) is 11.4. The Labute approximate surface area is 86.5 Å². The number of hydrogen-bond acceptors (Lipinski definition) is 5. The first-order chi connectivity index (χ1) is 6.34. The second-order valence-corrected chi connectivity index (χ2v) is 6.09. The lowest BCUT2D eigenvalue weighted by Gasteiger charge is -2.02. The molecule has 1 aliphatic heterocycles. The number of carbonyl (C=O) groups excluding carboxylic acids is 1. The molecule has 0 aliphatic carbocycles. The van der Waals surface area contributed by atoms with Crippen LogP contribution in [0.2, 0.25) is 0 Å². The topological polar surface area (TPSA) is 89.6 Å². The highest BCUT2D eigenvalue weighted by Gasteiger charge is 2.27. The van der Waals surface area contributed by atoms with Crippen LogP contribution < -0.4 is 5.73 Å². The summed E-state index contributed by atoms with van der Waals surface area (Å²) in [5, 5.41) is -0.725. The predicted octanol–water partition coefficient (Wildman–Crippen LogP) is 0.239. The maximum Gasteiger partial charge on any atom is 0.298 e. The Hall–Kier alpha value is -0.820. The molecule has 7 heteroatoms. The zero-order valence-electron chi connectivity index (χ0n) is 7.72. The molecule has 14 heavy (non-hydrogen) atoms. The van der Waals surface area contributed by atoms with E-state index in [1.54, 1.807) is 0 Å². The average Bonchev–Trinajstić information content (AvgIpc) is 2.26. The van der Waals surface area contributed by atoms with Gasteiger partial charge < -0.3 is 5.73 Å². The summed E-state index contributed by atoms with van der Waals surface area (Å²) in [5.41, 5.74) is 5.24. The molecule has 0 aromatic carbocycles. The van der Waals surface area contributed by atoms with Gasteiger partial charge in [-0.2, -0.15) is 12.8 Å². The third-order valence-electron chi connectivity index (χ3n) is 1.43. The molecule has 0 aromatic heterocycles. The van der Waals surface area contributed by atoms with Gasteiger partial charge in [0, 0.05) is 5.25 Å². The van der Waals surface area contributed by atoms with Crippen molar-refractivity contribution in [1.82, 2.24) is 0 Å². The van der Waals surface area contributed by atoms with Crippen molar-refractivity contribution in [2.75, 3.05) is 0 Å². The summed E-state index contributed by atoms with van der Waals surface area (Å²) >= 11 is 1.02. The SMILES string of the molecule is CC(C)SC(=O)C1=C(N)S(=O)(=O)N=C1. The van der Waals surface area contributed by atoms with E-state index in [4.69, 9.17) is 5.73 Å². The zero-order valence-corrected chi connectivity index (χ0v) is 9.35. The number of carbonyl (C=O) groups is 1. The van der Waals surface area contributed by atoms with Gasteiger partial charge in [-0.3, -0.25) is 4.79 Å². The number of sulfonamides is 1. The highest BCUT2D eigenvalue weighted by atomic mass is 32.2. The van der Waals surface area contributed by atoms with Crippen LogP contribution in [0.25, 0.3) is 0 Å². The standard InChI is InChI=1S/C7H10N2O3S2/c1-4(2)13-7(10)5-3-9-14(11,12)6(5)8/h3-4H,8H2,1-2H3. The molecule has 78 valence electrons. The Bertz CT molecular complexity index is 420. The van der Waals surface area contributed by atoms with Gasteiger partial charge in [-0.15, -0.1) is 0 Å². The summed E-state index contributed by atoms with van der Waals surface area (Å²) < 4.78 is 25.2. The van der Waals surface area contributed by atoms with E-state index in [1.165, 1.54) is 0 Å². The van der Waals surface area contributed by atoms with Gasteiger partial charge in [-0.1, -0.05) is 25.6 Å². The van der Waals surface area contributed by atoms with Crippen molar-refractivity contribution in [3.8, 4) is 0 Å². The molecule has 1 heterocycles. The monoisotopic (exact) mass is 234 g/mol. The second-order valence-electron chi connectivity index (χ2n) is 2.94. The maximum absolute atomic E-state index is 11.4. The van der Waals surface area contributed by atoms with Crippen LogP contribution in [-0.2, 0) is 14.8 Å². The molecule has 0 saturated carbocycles. The Balaban J connectivity index is 2.97. The van der Waals surface area contributed by atoms with Crippen LogP contribution in [0.1, 0.15) is 13.8 Å². The van der Waals surface area contributed by atoms with Crippen molar-refractivity contribution in [3.63, 3.8) is 0 Å². The Morgan fingerprint density at radius 1 is 1.57 bits per heavy atom. The molecule has 0 atom stereocenters. The van der Waals surface area contributed by atoms with Crippen molar-refractivity contribution in [2.24, 2.45) is 10.1 Å². The number of nitrogens with two attached hydrogens (primary N) is 1. The molecule has 0 unspecified atom stereocenters. The smallest absolute Gasteiger partial charge is 0.298 e. The highest BCUT2D eigenvalue weighted by molar-refractivity contribution is 8.14. The molecular weight excluding hydrogens is 224 g/mol. The van der Waals surface area contributed by atoms with Crippen LogP contribution in [0.5, 0.6) is 0 Å². The third-order valence-corrected chi connectivity index (χ3v) is 3.49. The van der Waals surface area contributed by atoms with E-state index < -0.39 is 15.1 Å². The van der Waals surface area contributed by atoms with E-state index in [-0.39, 0.29) is 15.9 Å². The molecule has 0 bridgehead atoms. The van der Waals surface area contributed by atoms with Gasteiger partial charge in [0.15, 0.2) is 5.03 Å². The third kappa shape index (κ3) is 2.16. The molecule has 0 amide bonds. The minimum absolute atomic E-state index is 0.0244. The zero-order chi connectivity index (χ0) is 10.9. The fraction of sp³-hybridized carbons (Fsp3) is 0.429. The first-order valence-corrected chi connectivity index (χ1v) is 6.17. The van der Waals surface area contributed by atoms with E-state index in [0.717, 1.165) is 18.0 Å². The molecule has 0 spiro atoms. The lowest BCUT2D eigenvalue weighted by molar-refractivity contribution is -0.107. The molecule has 0 radical (unpaired) electrons. The molecule has 1 aliphatic rings. The predicted molar refractivity (Wildman–Crippen MR) is 56.4 cm³/mol. The first-order valence-electron chi connectivity index (χ1n) is 3.85. The van der Waals surface area contributed by atoms with Crippen LogP contribution in [0, 0.1) is 0 Å². The highest BCUT2D eigenvalue weighted by Crippen LogP contribution is 2.22. The summed E-state index contributed by atoms with van der Waals surface area (Å²) in [5.74, 6) is 0. The minimum atomic E-state index is -3.76. The van der Waals surface area contributed by atoms with E-state index in [1.807, 2.05) is 13.8 Å². The van der Waals surface area contributed by atoms with Crippen LogP contribution in [-0.4, -0.2) is 25.0 Å². The molecule has 0 saturated heterocycles. The summed E-state index contributed by atoms with van der Waals surface area (Å²) in [6.07, 6.45) is 1.00. The number of thioether (sulfide) groups is 1. The fourth-order valence-corrected chi connectivity index (χ4v) is 2.38. The number of nitrogens with zero attached hydrogens (tertiary/aromatic N) is 1. The lowest BCUT2D eigenvalue weighted by Crippen LogP contribution is -2.12. The largest absolute Gasteiger partial charge is 0.387 e. The summed E-state index contributed by atoms with van der Waals surface area (Å²) in [6, 6.07) is 0. The van der Waals surface area contributed by atoms with Gasteiger partial charge >= 0.3 is 0 Å². The van der Waals surface area contributed by atoms with Crippen LogP contribution in [0.4, 0.5) is 0 Å². The van der Waals surface area contributed by atoms with Crippen molar-refractivity contribution >= 4 is 33.1 Å². The van der Waals surface area contributed by atoms with Gasteiger partial charge in [0.05, 0.1) is 11.8 Å². The van der Waals surface area contributed by atoms with Gasteiger partial charge in [0.1, 0.15) is 0 Å². The number of hydrogen-bond donors (Lipinski definition) is 1. The quantitative estimate of drug-likeness (QED) is 0.739. The summed E-state index contributed by atoms with van der Waals surface area (Å²) in [6.45, 7) is 3.67. The maximum atomic E-state index is 11.4. The molecule has 2 N–H and O–H groups in total. The van der Waals surface area contributed by atoms with Crippen LogP contribution in [0.15, 0.2) is 15.0 Å². The molecule has 5 nitrogen and oxygen atoms in total. The van der Waals surface area contributed by atoms with E-state index in [0.29, 0.717) is 0 Å². The molecular formula is C7H10N2O3S2. The van der Waals surface area contributed by atoms with Gasteiger partial charge in [-0.25, -0.2) is 0 Å². The summed E-state index contributed by atoms with van der Waals surface area (Å²) in [7, 11) is -3.76. The van der Waals surface area contributed by atoms with Gasteiger partial charge in [-0.05, 0) is 0 Å². The van der Waals surface area contributed by atoms with Gasteiger partial charge in [0.25, 0.3) is 10.0 Å². The van der Waals surface area contributed by atoms with Crippen molar-refractivity contribution < 1.29 is 13.2 Å². The lowest BCUT2D eigenvalue weighted by atomic mass is 10.3. The normalized spacial score (nSPS) is 19.4. The number of rotatable bonds is 2. The average molecular weight is 234 g/mol. The Morgan fingerprint density at radius 3 is 2.50 bits per heavy atom. The molecule has 1 rings (SSSR count).